The molecule has 0 saturated heterocycles. The smallest absolute Gasteiger partial charge is 0.339 e. The summed E-state index contributed by atoms with van der Waals surface area (Å²) in [6, 6.07) is 13.1. The molecular weight excluding hydrogens is 444 g/mol. The summed E-state index contributed by atoms with van der Waals surface area (Å²) in [5.74, 6) is -0.543. The van der Waals surface area contributed by atoms with Crippen molar-refractivity contribution in [3.05, 3.63) is 48.0 Å². The summed E-state index contributed by atoms with van der Waals surface area (Å²) in [7, 11) is -0.882. The fourth-order valence-electron chi connectivity index (χ4n) is 4.38. The number of carbonyl (C=O) groups is 1. The summed E-state index contributed by atoms with van der Waals surface area (Å²) in [6.07, 6.45) is 5.22. The number of nitrogens with zero attached hydrogens (tertiary/aromatic N) is 2. The molecule has 6 nitrogen and oxygen atoms in total. The molecule has 0 N–H and O–H groups in total. The number of fused-ring (bicyclic) bond motifs is 1. The molecule has 8 heteroatoms. The van der Waals surface area contributed by atoms with Gasteiger partial charge in [0.25, 0.3) is 0 Å². The topological polar surface area (TPSA) is 66.9 Å². The van der Waals surface area contributed by atoms with Crippen LogP contribution in [0.25, 0.3) is 0 Å². The van der Waals surface area contributed by atoms with Crippen LogP contribution < -0.4 is 4.90 Å². The van der Waals surface area contributed by atoms with Crippen molar-refractivity contribution in [1.29, 1.82) is 0 Å². The van der Waals surface area contributed by atoms with Crippen molar-refractivity contribution in [3.63, 3.8) is 0 Å². The molecule has 174 valence electrons. The zero-order valence-corrected chi connectivity index (χ0v) is 21.1. The Bertz CT molecular complexity index is 1070. The van der Waals surface area contributed by atoms with Crippen LogP contribution in [0.2, 0.25) is 0 Å². The minimum absolute atomic E-state index is 0.133. The third kappa shape index (κ3) is 4.28. The van der Waals surface area contributed by atoms with E-state index in [2.05, 4.69) is 11.8 Å². The number of hydrogen-bond acceptors (Lipinski definition) is 6. The van der Waals surface area contributed by atoms with Crippen molar-refractivity contribution in [2.24, 2.45) is 0 Å². The third-order valence-corrected chi connectivity index (χ3v) is 9.23. The first kappa shape index (κ1) is 24.6. The molecule has 32 heavy (non-hydrogen) atoms. The number of unbranched alkanes of at least 4 members (excludes halogenated alkanes) is 1. The molecule has 2 aromatic rings. The maximum atomic E-state index is 13.9. The number of benzene rings is 2. The Hall–Kier alpha value is -2.03. The number of anilines is 2. The second kappa shape index (κ2) is 9.85. The molecule has 0 fully saturated rings. The molecule has 0 bridgehead atoms. The lowest BCUT2D eigenvalue weighted by atomic mass is 9.88. The lowest BCUT2D eigenvalue weighted by Crippen LogP contribution is -2.53. The quantitative estimate of drug-likeness (QED) is 0.399. The van der Waals surface area contributed by atoms with Crippen LogP contribution in [0.15, 0.2) is 52.3 Å². The molecule has 0 amide bonds. The molecular formula is C24H32N2O4S2. The standard InChI is InChI=1S/C24H32N2O4S2/c1-6-8-14-24(7-2)17-26(18-12-10-9-11-13-18)20-16-21(31-5)19(23(27)30-4)15-22(20)32(28,29)25(24)3/h9-13,15-16H,6-8,14,17H2,1-5H3. The van der Waals surface area contributed by atoms with Crippen LogP contribution in [0.3, 0.4) is 0 Å². The average Bonchev–Trinajstić information content (AvgIpc) is 2.89. The highest BCUT2D eigenvalue weighted by Gasteiger charge is 2.46. The number of carbonyl (C=O) groups excluding carboxylic acids is 1. The van der Waals surface area contributed by atoms with E-state index in [1.54, 1.807) is 7.05 Å². The molecule has 1 heterocycles. The van der Waals surface area contributed by atoms with E-state index in [-0.39, 0.29) is 10.5 Å². The normalized spacial score (nSPS) is 20.5. The van der Waals surface area contributed by atoms with E-state index in [1.807, 2.05) is 49.6 Å². The van der Waals surface area contributed by atoms with Crippen molar-refractivity contribution in [3.8, 4) is 0 Å². The summed E-state index contributed by atoms with van der Waals surface area (Å²) < 4.78 is 34.4. The second-order valence-electron chi connectivity index (χ2n) is 8.09. The second-order valence-corrected chi connectivity index (χ2v) is 10.9. The maximum Gasteiger partial charge on any atom is 0.339 e. The van der Waals surface area contributed by atoms with Crippen LogP contribution in [0, 0.1) is 0 Å². The summed E-state index contributed by atoms with van der Waals surface area (Å²) in [4.78, 5) is 15.4. The van der Waals surface area contributed by atoms with Gasteiger partial charge in [-0.1, -0.05) is 44.9 Å². The number of likely N-dealkylation sites (N-methyl/N-ethyl adjacent to an activating group) is 1. The molecule has 0 radical (unpaired) electrons. The van der Waals surface area contributed by atoms with Gasteiger partial charge < -0.3 is 9.64 Å². The van der Waals surface area contributed by atoms with Gasteiger partial charge in [-0.25, -0.2) is 13.2 Å². The first-order valence-electron chi connectivity index (χ1n) is 10.9. The fraction of sp³-hybridized carbons (Fsp3) is 0.458. The van der Waals surface area contributed by atoms with E-state index in [4.69, 9.17) is 4.74 Å². The number of thioether (sulfide) groups is 1. The molecule has 0 saturated carbocycles. The van der Waals surface area contributed by atoms with Gasteiger partial charge in [0, 0.05) is 24.2 Å². The summed E-state index contributed by atoms with van der Waals surface area (Å²) in [5, 5.41) is 0. The molecule has 1 aliphatic rings. The first-order chi connectivity index (χ1) is 15.3. The SMILES string of the molecule is CCCCC1(CC)CN(c2ccccc2)c2cc(SC)c(C(=O)OC)cc2S(=O)(=O)N1C. The highest BCUT2D eigenvalue weighted by atomic mass is 32.2. The van der Waals surface area contributed by atoms with Crippen LogP contribution in [0.1, 0.15) is 49.9 Å². The van der Waals surface area contributed by atoms with E-state index in [0.717, 1.165) is 24.9 Å². The van der Waals surface area contributed by atoms with Crippen LogP contribution in [-0.4, -0.2) is 51.2 Å². The van der Waals surface area contributed by atoms with Crippen molar-refractivity contribution < 1.29 is 17.9 Å². The van der Waals surface area contributed by atoms with Gasteiger partial charge in [0.15, 0.2) is 0 Å². The van der Waals surface area contributed by atoms with E-state index in [0.29, 0.717) is 23.5 Å². The van der Waals surface area contributed by atoms with Crippen LogP contribution in [0.5, 0.6) is 0 Å². The van der Waals surface area contributed by atoms with E-state index >= 15 is 0 Å². The van der Waals surface area contributed by atoms with Crippen LogP contribution in [-0.2, 0) is 14.8 Å². The molecule has 0 aliphatic carbocycles. The maximum absolute atomic E-state index is 13.9. The van der Waals surface area contributed by atoms with Gasteiger partial charge in [0.2, 0.25) is 10.0 Å². The van der Waals surface area contributed by atoms with Gasteiger partial charge in [0.05, 0.1) is 23.9 Å². The first-order valence-corrected chi connectivity index (χ1v) is 13.5. The summed E-state index contributed by atoms with van der Waals surface area (Å²) in [5.41, 5.74) is 1.20. The van der Waals surface area contributed by atoms with Gasteiger partial charge >= 0.3 is 5.97 Å². The number of sulfonamides is 1. The summed E-state index contributed by atoms with van der Waals surface area (Å²) >= 11 is 1.40. The number of para-hydroxylation sites is 1. The molecule has 3 rings (SSSR count). The highest BCUT2D eigenvalue weighted by molar-refractivity contribution is 7.98. The Morgan fingerprint density at radius 2 is 1.88 bits per heavy atom. The van der Waals surface area contributed by atoms with Gasteiger partial charge in [-0.05, 0) is 43.4 Å². The zero-order chi connectivity index (χ0) is 23.5. The van der Waals surface area contributed by atoms with Gasteiger partial charge in [-0.3, -0.25) is 0 Å². The largest absolute Gasteiger partial charge is 0.465 e. The Labute approximate surface area is 196 Å². The molecule has 1 aliphatic heterocycles. The predicted molar refractivity (Wildman–Crippen MR) is 131 cm³/mol. The van der Waals surface area contributed by atoms with Crippen LogP contribution in [0.4, 0.5) is 11.4 Å². The number of ether oxygens (including phenoxy) is 1. The third-order valence-electron chi connectivity index (χ3n) is 6.46. The predicted octanol–water partition coefficient (Wildman–Crippen LogP) is 5.31. The lowest BCUT2D eigenvalue weighted by molar-refractivity contribution is 0.0596. The zero-order valence-electron chi connectivity index (χ0n) is 19.4. The lowest BCUT2D eigenvalue weighted by Gasteiger charge is -2.41. The Morgan fingerprint density at radius 3 is 2.44 bits per heavy atom. The number of esters is 1. The number of rotatable bonds is 7. The van der Waals surface area contributed by atoms with Gasteiger partial charge in [-0.2, -0.15) is 4.31 Å². The Kier molecular flexibility index (Phi) is 7.57. The summed E-state index contributed by atoms with van der Waals surface area (Å²) in [6.45, 7) is 4.70. The molecule has 1 unspecified atom stereocenters. The van der Waals surface area contributed by atoms with Crippen molar-refractivity contribution in [2.75, 3.05) is 31.9 Å². The molecule has 0 spiro atoms. The van der Waals surface area contributed by atoms with Crippen molar-refractivity contribution >= 4 is 39.1 Å². The van der Waals surface area contributed by atoms with E-state index < -0.39 is 21.5 Å². The van der Waals surface area contributed by atoms with E-state index in [9.17, 15) is 13.2 Å². The number of methoxy groups -OCH3 is 1. The Morgan fingerprint density at radius 1 is 1.19 bits per heavy atom. The highest BCUT2D eigenvalue weighted by Crippen LogP contribution is 2.45. The van der Waals surface area contributed by atoms with Crippen molar-refractivity contribution in [1.82, 2.24) is 4.31 Å². The molecule has 1 atom stereocenters. The molecule has 0 aromatic heterocycles. The van der Waals surface area contributed by atoms with Gasteiger partial charge in [0.1, 0.15) is 4.90 Å². The Balaban J connectivity index is 2.36. The van der Waals surface area contributed by atoms with E-state index in [1.165, 1.54) is 29.2 Å². The molecule has 2 aromatic carbocycles. The minimum Gasteiger partial charge on any atom is -0.465 e. The van der Waals surface area contributed by atoms with Crippen molar-refractivity contribution in [2.45, 2.75) is 54.9 Å². The van der Waals surface area contributed by atoms with Gasteiger partial charge in [-0.15, -0.1) is 11.8 Å². The monoisotopic (exact) mass is 476 g/mol. The van der Waals surface area contributed by atoms with Crippen LogP contribution >= 0.6 is 11.8 Å². The number of hydrogen-bond donors (Lipinski definition) is 0. The minimum atomic E-state index is -3.86. The average molecular weight is 477 g/mol. The fourth-order valence-corrected chi connectivity index (χ4v) is 6.75.